The Morgan fingerprint density at radius 2 is 1.84 bits per heavy atom. The number of nitro groups is 1. The van der Waals surface area contributed by atoms with Crippen LogP contribution in [-0.4, -0.2) is 25.2 Å². The minimum absolute atomic E-state index is 0.111. The Hall–Kier alpha value is -2.04. The summed E-state index contributed by atoms with van der Waals surface area (Å²) in [5.74, 6) is 1.13. The van der Waals surface area contributed by atoms with Crippen molar-refractivity contribution in [2.75, 3.05) is 14.2 Å². The van der Waals surface area contributed by atoms with Crippen LogP contribution in [0.1, 0.15) is 24.3 Å². The summed E-state index contributed by atoms with van der Waals surface area (Å²) in [6, 6.07) is 4.94. The SMILES string of the molecule is COc1ccc([C@H]2CC=CC[C@@H]2[N+](=O)[O-])cc1OC. The van der Waals surface area contributed by atoms with E-state index in [2.05, 4.69) is 0 Å². The standard InChI is InChI=1S/C14H17NO4/c1-18-13-8-7-10(9-14(13)19-2)11-5-3-4-6-12(11)15(16)17/h3-4,7-9,11-12H,5-6H2,1-2H3/t11-,12+/m1/s1. The van der Waals surface area contributed by atoms with Crippen LogP contribution in [0, 0.1) is 10.1 Å². The van der Waals surface area contributed by atoms with Crippen molar-refractivity contribution in [3.63, 3.8) is 0 Å². The molecule has 0 radical (unpaired) electrons. The summed E-state index contributed by atoms with van der Waals surface area (Å²) in [5.41, 5.74) is 0.920. The summed E-state index contributed by atoms with van der Waals surface area (Å²) in [4.78, 5) is 10.9. The molecule has 0 amide bonds. The fraction of sp³-hybridized carbons (Fsp3) is 0.429. The molecule has 102 valence electrons. The van der Waals surface area contributed by atoms with E-state index in [1.807, 2.05) is 24.3 Å². The zero-order valence-corrected chi connectivity index (χ0v) is 11.0. The van der Waals surface area contributed by atoms with Gasteiger partial charge in [0.05, 0.1) is 20.1 Å². The van der Waals surface area contributed by atoms with E-state index in [-0.39, 0.29) is 10.8 Å². The van der Waals surface area contributed by atoms with Crippen LogP contribution in [0.4, 0.5) is 0 Å². The maximum atomic E-state index is 11.1. The van der Waals surface area contributed by atoms with Crippen molar-refractivity contribution in [1.82, 2.24) is 0 Å². The molecular formula is C14H17NO4. The molecule has 2 rings (SSSR count). The highest BCUT2D eigenvalue weighted by atomic mass is 16.6. The van der Waals surface area contributed by atoms with Gasteiger partial charge in [-0.2, -0.15) is 0 Å². The van der Waals surface area contributed by atoms with Crippen molar-refractivity contribution in [3.8, 4) is 11.5 Å². The first-order valence-corrected chi connectivity index (χ1v) is 6.17. The molecule has 0 bridgehead atoms. The molecule has 5 heteroatoms. The molecule has 0 aromatic heterocycles. The molecule has 0 N–H and O–H groups in total. The number of rotatable bonds is 4. The molecule has 0 spiro atoms. The largest absolute Gasteiger partial charge is 0.493 e. The van der Waals surface area contributed by atoms with Crippen LogP contribution in [0.2, 0.25) is 0 Å². The quantitative estimate of drug-likeness (QED) is 0.476. The van der Waals surface area contributed by atoms with E-state index in [0.717, 1.165) is 5.56 Å². The molecule has 0 aliphatic heterocycles. The Morgan fingerprint density at radius 1 is 1.16 bits per heavy atom. The van der Waals surface area contributed by atoms with E-state index in [1.165, 1.54) is 0 Å². The predicted octanol–water partition coefficient (Wildman–Crippen LogP) is 2.78. The molecule has 1 aromatic carbocycles. The number of ether oxygens (including phenoxy) is 2. The van der Waals surface area contributed by atoms with Crippen LogP contribution in [0.5, 0.6) is 11.5 Å². The first-order chi connectivity index (χ1) is 9.17. The number of methoxy groups -OCH3 is 2. The van der Waals surface area contributed by atoms with Gasteiger partial charge in [-0.1, -0.05) is 18.2 Å². The van der Waals surface area contributed by atoms with Gasteiger partial charge in [-0.15, -0.1) is 0 Å². The molecular weight excluding hydrogens is 246 g/mol. The van der Waals surface area contributed by atoms with Crippen LogP contribution in [0.15, 0.2) is 30.4 Å². The van der Waals surface area contributed by atoms with Crippen molar-refractivity contribution in [2.24, 2.45) is 0 Å². The van der Waals surface area contributed by atoms with Gasteiger partial charge >= 0.3 is 0 Å². The first-order valence-electron chi connectivity index (χ1n) is 6.17. The third-order valence-electron chi connectivity index (χ3n) is 3.51. The Bertz CT molecular complexity index is 498. The minimum atomic E-state index is -0.567. The van der Waals surface area contributed by atoms with Gasteiger partial charge in [-0.25, -0.2) is 0 Å². The number of allylic oxidation sites excluding steroid dienone is 1. The topological polar surface area (TPSA) is 61.6 Å². The normalized spacial score (nSPS) is 22.0. The fourth-order valence-corrected chi connectivity index (χ4v) is 2.47. The summed E-state index contributed by atoms with van der Waals surface area (Å²) >= 11 is 0. The minimum Gasteiger partial charge on any atom is -0.493 e. The third kappa shape index (κ3) is 2.70. The fourth-order valence-electron chi connectivity index (χ4n) is 2.47. The molecule has 1 aliphatic rings. The van der Waals surface area contributed by atoms with Crippen molar-refractivity contribution in [1.29, 1.82) is 0 Å². The molecule has 0 saturated carbocycles. The van der Waals surface area contributed by atoms with Crippen LogP contribution >= 0.6 is 0 Å². The molecule has 0 unspecified atom stereocenters. The van der Waals surface area contributed by atoms with Crippen LogP contribution in [0.25, 0.3) is 0 Å². The van der Waals surface area contributed by atoms with Gasteiger partial charge in [0.2, 0.25) is 6.04 Å². The van der Waals surface area contributed by atoms with Gasteiger partial charge in [0.25, 0.3) is 0 Å². The summed E-state index contributed by atoms with van der Waals surface area (Å²) in [7, 11) is 3.13. The Balaban J connectivity index is 2.34. The zero-order chi connectivity index (χ0) is 13.8. The lowest BCUT2D eigenvalue weighted by Gasteiger charge is -2.23. The van der Waals surface area contributed by atoms with E-state index in [0.29, 0.717) is 24.3 Å². The average Bonchev–Trinajstić information content (AvgIpc) is 2.46. The van der Waals surface area contributed by atoms with E-state index < -0.39 is 6.04 Å². The molecule has 1 aromatic rings. The molecule has 1 aliphatic carbocycles. The van der Waals surface area contributed by atoms with Gasteiger partial charge in [0, 0.05) is 11.3 Å². The monoisotopic (exact) mass is 263 g/mol. The van der Waals surface area contributed by atoms with Gasteiger partial charge in [-0.05, 0) is 24.1 Å². The highest BCUT2D eigenvalue weighted by Gasteiger charge is 2.33. The van der Waals surface area contributed by atoms with Crippen molar-refractivity contribution in [3.05, 3.63) is 46.0 Å². The van der Waals surface area contributed by atoms with E-state index in [1.54, 1.807) is 20.3 Å². The molecule has 2 atom stereocenters. The van der Waals surface area contributed by atoms with Gasteiger partial charge in [0.1, 0.15) is 0 Å². The molecule has 5 nitrogen and oxygen atoms in total. The smallest absolute Gasteiger partial charge is 0.223 e. The maximum Gasteiger partial charge on any atom is 0.223 e. The van der Waals surface area contributed by atoms with E-state index in [9.17, 15) is 10.1 Å². The summed E-state index contributed by atoms with van der Waals surface area (Å²) in [6.07, 6.45) is 5.04. The number of benzene rings is 1. The lowest BCUT2D eigenvalue weighted by Crippen LogP contribution is -2.28. The summed E-state index contributed by atoms with van der Waals surface area (Å²) in [5, 5.41) is 11.1. The third-order valence-corrected chi connectivity index (χ3v) is 3.51. The van der Waals surface area contributed by atoms with Crippen LogP contribution in [-0.2, 0) is 0 Å². The van der Waals surface area contributed by atoms with Crippen molar-refractivity contribution < 1.29 is 14.4 Å². The summed E-state index contributed by atoms with van der Waals surface area (Å²) in [6.45, 7) is 0. The van der Waals surface area contributed by atoms with Crippen molar-refractivity contribution >= 4 is 0 Å². The van der Waals surface area contributed by atoms with Crippen LogP contribution < -0.4 is 9.47 Å². The Kier molecular flexibility index (Phi) is 4.04. The average molecular weight is 263 g/mol. The predicted molar refractivity (Wildman–Crippen MR) is 71.4 cm³/mol. The van der Waals surface area contributed by atoms with Crippen molar-refractivity contribution in [2.45, 2.75) is 24.8 Å². The van der Waals surface area contributed by atoms with Crippen LogP contribution in [0.3, 0.4) is 0 Å². The lowest BCUT2D eigenvalue weighted by atomic mass is 9.83. The Labute approximate surface area is 112 Å². The first kappa shape index (κ1) is 13.4. The van der Waals surface area contributed by atoms with E-state index in [4.69, 9.17) is 9.47 Å². The number of nitrogens with zero attached hydrogens (tertiary/aromatic N) is 1. The number of hydrogen-bond donors (Lipinski definition) is 0. The molecule has 0 heterocycles. The molecule has 0 fully saturated rings. The second-order valence-electron chi connectivity index (χ2n) is 4.52. The highest BCUT2D eigenvalue weighted by Crippen LogP contribution is 2.36. The maximum absolute atomic E-state index is 11.1. The lowest BCUT2D eigenvalue weighted by molar-refractivity contribution is -0.526. The van der Waals surface area contributed by atoms with Gasteiger partial charge in [0.15, 0.2) is 11.5 Å². The zero-order valence-electron chi connectivity index (χ0n) is 11.0. The molecule has 19 heavy (non-hydrogen) atoms. The number of hydrogen-bond acceptors (Lipinski definition) is 4. The second-order valence-corrected chi connectivity index (χ2v) is 4.52. The van der Waals surface area contributed by atoms with Gasteiger partial charge < -0.3 is 9.47 Å². The van der Waals surface area contributed by atoms with Gasteiger partial charge in [-0.3, -0.25) is 10.1 Å². The van der Waals surface area contributed by atoms with E-state index >= 15 is 0 Å². The summed E-state index contributed by atoms with van der Waals surface area (Å²) < 4.78 is 10.4. The highest BCUT2D eigenvalue weighted by molar-refractivity contribution is 5.44. The second kappa shape index (κ2) is 5.73. The molecule has 0 saturated heterocycles. The Morgan fingerprint density at radius 3 is 2.47 bits per heavy atom.